The number of nitrogens with one attached hydrogen (secondary N) is 1. The predicted molar refractivity (Wildman–Crippen MR) is 89.2 cm³/mol. The van der Waals surface area contributed by atoms with Crippen LogP contribution in [0.25, 0.3) is 10.9 Å². The van der Waals surface area contributed by atoms with E-state index in [9.17, 15) is 9.59 Å². The Balaban J connectivity index is 1.89. The second kappa shape index (κ2) is 6.54. The van der Waals surface area contributed by atoms with Gasteiger partial charge in [-0.25, -0.2) is 0 Å². The molecule has 2 aromatic rings. The summed E-state index contributed by atoms with van der Waals surface area (Å²) in [5.41, 5.74) is 1.26. The normalized spacial score (nSPS) is 17.8. The van der Waals surface area contributed by atoms with Crippen LogP contribution in [-0.4, -0.2) is 34.5 Å². The number of pyridine rings is 1. The maximum atomic E-state index is 12.7. The molecule has 1 aliphatic rings. The molecule has 1 amide bonds. The van der Waals surface area contributed by atoms with Crippen molar-refractivity contribution in [3.05, 3.63) is 46.2 Å². The molecular formula is C18H22N2O3. The predicted octanol–water partition coefficient (Wildman–Crippen LogP) is 2.44. The first-order chi connectivity index (χ1) is 11.1. The maximum Gasteiger partial charge on any atom is 0.253 e. The fraction of sp³-hybridized carbons (Fsp3) is 0.444. The van der Waals surface area contributed by atoms with E-state index < -0.39 is 0 Å². The largest absolute Gasteiger partial charge is 0.368 e. The van der Waals surface area contributed by atoms with Crippen LogP contribution in [0.15, 0.2) is 35.1 Å². The molecule has 1 N–H and O–H groups in total. The fourth-order valence-electron chi connectivity index (χ4n) is 2.97. The van der Waals surface area contributed by atoms with Crippen LogP contribution in [0.4, 0.5) is 0 Å². The van der Waals surface area contributed by atoms with Gasteiger partial charge in [-0.1, -0.05) is 18.2 Å². The van der Waals surface area contributed by atoms with Crippen molar-refractivity contribution >= 4 is 16.8 Å². The number of hydrogen-bond donors (Lipinski definition) is 1. The minimum absolute atomic E-state index is 0.0116. The first-order valence-corrected chi connectivity index (χ1v) is 8.09. The minimum atomic E-state index is -0.364. The molecule has 23 heavy (non-hydrogen) atoms. The van der Waals surface area contributed by atoms with Gasteiger partial charge >= 0.3 is 0 Å². The quantitative estimate of drug-likeness (QED) is 0.943. The lowest BCUT2D eigenvalue weighted by atomic mass is 10.1. The minimum Gasteiger partial charge on any atom is -0.368 e. The summed E-state index contributed by atoms with van der Waals surface area (Å²) in [6, 6.07) is 9.53. The zero-order chi connectivity index (χ0) is 16.4. The van der Waals surface area contributed by atoms with Crippen LogP contribution in [0.1, 0.15) is 32.3 Å². The average molecular weight is 314 g/mol. The van der Waals surface area contributed by atoms with Crippen molar-refractivity contribution in [3.8, 4) is 0 Å². The molecule has 0 saturated carbocycles. The van der Waals surface area contributed by atoms with Gasteiger partial charge in [0.2, 0.25) is 0 Å². The Morgan fingerprint density at radius 2 is 2.17 bits per heavy atom. The van der Waals surface area contributed by atoms with Crippen LogP contribution in [0.2, 0.25) is 0 Å². The smallest absolute Gasteiger partial charge is 0.253 e. The van der Waals surface area contributed by atoms with Crippen molar-refractivity contribution in [3.63, 3.8) is 0 Å². The highest BCUT2D eigenvalue weighted by Gasteiger charge is 2.30. The van der Waals surface area contributed by atoms with Crippen molar-refractivity contribution in [2.24, 2.45) is 0 Å². The molecule has 0 bridgehead atoms. The molecule has 1 fully saturated rings. The van der Waals surface area contributed by atoms with Crippen molar-refractivity contribution in [1.82, 2.24) is 9.88 Å². The molecule has 1 unspecified atom stereocenters. The van der Waals surface area contributed by atoms with Gasteiger partial charge in [-0.3, -0.25) is 9.59 Å². The number of carbonyl (C=O) groups excluding carboxylic acids is 1. The molecule has 1 aromatic heterocycles. The molecule has 3 rings (SSSR count). The summed E-state index contributed by atoms with van der Waals surface area (Å²) in [4.78, 5) is 29.6. The summed E-state index contributed by atoms with van der Waals surface area (Å²) in [6.07, 6.45) is 1.31. The molecule has 1 saturated heterocycles. The van der Waals surface area contributed by atoms with E-state index in [-0.39, 0.29) is 23.6 Å². The SMILES string of the molecule is CC(C)N(Cc1cc2ccccc2[nH]c1=O)C(=O)C1CCCO1. The van der Waals surface area contributed by atoms with Gasteiger partial charge in [0, 0.05) is 23.7 Å². The molecule has 1 aromatic carbocycles. The number of hydrogen-bond acceptors (Lipinski definition) is 3. The third-order valence-electron chi connectivity index (χ3n) is 4.28. The van der Waals surface area contributed by atoms with E-state index in [1.807, 2.05) is 44.2 Å². The van der Waals surface area contributed by atoms with Crippen LogP contribution in [-0.2, 0) is 16.1 Å². The first kappa shape index (κ1) is 15.7. The van der Waals surface area contributed by atoms with E-state index >= 15 is 0 Å². The van der Waals surface area contributed by atoms with Gasteiger partial charge in [-0.15, -0.1) is 0 Å². The maximum absolute atomic E-state index is 12.7. The molecule has 1 atom stereocenters. The van der Waals surface area contributed by atoms with Gasteiger partial charge in [-0.05, 0) is 44.2 Å². The van der Waals surface area contributed by atoms with Gasteiger partial charge in [0.1, 0.15) is 6.10 Å². The van der Waals surface area contributed by atoms with E-state index in [0.717, 1.165) is 23.7 Å². The van der Waals surface area contributed by atoms with Crippen LogP contribution in [0, 0.1) is 0 Å². The number of nitrogens with zero attached hydrogens (tertiary/aromatic N) is 1. The van der Waals surface area contributed by atoms with E-state index in [2.05, 4.69) is 4.98 Å². The number of H-pyrrole nitrogens is 1. The van der Waals surface area contributed by atoms with Gasteiger partial charge < -0.3 is 14.6 Å². The Labute approximate surface area is 135 Å². The van der Waals surface area contributed by atoms with Gasteiger partial charge in [-0.2, -0.15) is 0 Å². The number of ether oxygens (including phenoxy) is 1. The Hall–Kier alpha value is -2.14. The highest BCUT2D eigenvalue weighted by Crippen LogP contribution is 2.18. The number of amides is 1. The molecule has 2 heterocycles. The average Bonchev–Trinajstić information content (AvgIpc) is 3.06. The molecule has 1 aliphatic heterocycles. The summed E-state index contributed by atoms with van der Waals surface area (Å²) in [6.45, 7) is 4.86. The van der Waals surface area contributed by atoms with E-state index in [0.29, 0.717) is 18.7 Å². The standard InChI is InChI=1S/C18H22N2O3/c1-12(2)20(18(22)16-8-5-9-23-16)11-14-10-13-6-3-4-7-15(13)19-17(14)21/h3-4,6-7,10,12,16H,5,8-9,11H2,1-2H3,(H,19,21). The fourth-order valence-corrected chi connectivity index (χ4v) is 2.97. The van der Waals surface area contributed by atoms with Crippen LogP contribution >= 0.6 is 0 Å². The van der Waals surface area contributed by atoms with E-state index in [1.165, 1.54) is 0 Å². The lowest BCUT2D eigenvalue weighted by Crippen LogP contribution is -2.43. The Morgan fingerprint density at radius 3 is 2.87 bits per heavy atom. The summed E-state index contributed by atoms with van der Waals surface area (Å²) >= 11 is 0. The molecule has 0 radical (unpaired) electrons. The first-order valence-electron chi connectivity index (χ1n) is 8.09. The van der Waals surface area contributed by atoms with Gasteiger partial charge in [0.15, 0.2) is 0 Å². The monoisotopic (exact) mass is 314 g/mol. The van der Waals surface area contributed by atoms with Crippen molar-refractivity contribution < 1.29 is 9.53 Å². The molecule has 0 aliphatic carbocycles. The number of aromatic amines is 1. The lowest BCUT2D eigenvalue weighted by Gasteiger charge is -2.29. The second-order valence-corrected chi connectivity index (χ2v) is 6.27. The molecule has 0 spiro atoms. The zero-order valence-corrected chi connectivity index (χ0v) is 13.5. The van der Waals surface area contributed by atoms with Crippen molar-refractivity contribution in [1.29, 1.82) is 0 Å². The highest BCUT2D eigenvalue weighted by atomic mass is 16.5. The molecule has 5 nitrogen and oxygen atoms in total. The van der Waals surface area contributed by atoms with Crippen molar-refractivity contribution in [2.45, 2.75) is 45.4 Å². The zero-order valence-electron chi connectivity index (χ0n) is 13.5. The Morgan fingerprint density at radius 1 is 1.39 bits per heavy atom. The van der Waals surface area contributed by atoms with Crippen LogP contribution in [0.3, 0.4) is 0 Å². The Bertz CT molecular complexity index is 760. The molecule has 122 valence electrons. The number of aromatic nitrogens is 1. The Kier molecular flexibility index (Phi) is 4.48. The summed E-state index contributed by atoms with van der Waals surface area (Å²) in [7, 11) is 0. The van der Waals surface area contributed by atoms with Crippen molar-refractivity contribution in [2.75, 3.05) is 6.61 Å². The van der Waals surface area contributed by atoms with Crippen LogP contribution < -0.4 is 5.56 Å². The summed E-state index contributed by atoms with van der Waals surface area (Å²) < 4.78 is 5.51. The number of para-hydroxylation sites is 1. The summed E-state index contributed by atoms with van der Waals surface area (Å²) in [5.74, 6) is -0.0231. The topological polar surface area (TPSA) is 62.4 Å². The third-order valence-corrected chi connectivity index (χ3v) is 4.28. The summed E-state index contributed by atoms with van der Waals surface area (Å²) in [5, 5.41) is 0.968. The number of benzene rings is 1. The van der Waals surface area contributed by atoms with Gasteiger partial charge in [0.05, 0.1) is 6.54 Å². The van der Waals surface area contributed by atoms with Crippen LogP contribution in [0.5, 0.6) is 0 Å². The highest BCUT2D eigenvalue weighted by molar-refractivity contribution is 5.82. The third kappa shape index (κ3) is 3.29. The number of carbonyl (C=O) groups is 1. The van der Waals surface area contributed by atoms with E-state index in [4.69, 9.17) is 4.74 Å². The van der Waals surface area contributed by atoms with Gasteiger partial charge in [0.25, 0.3) is 11.5 Å². The molecular weight excluding hydrogens is 292 g/mol. The second-order valence-electron chi connectivity index (χ2n) is 6.27. The number of rotatable bonds is 4. The lowest BCUT2D eigenvalue weighted by molar-refractivity contribution is -0.143. The molecule has 5 heteroatoms. The number of fused-ring (bicyclic) bond motifs is 1. The van der Waals surface area contributed by atoms with E-state index in [1.54, 1.807) is 4.90 Å².